The first-order chi connectivity index (χ1) is 13.6. The molecule has 0 spiro atoms. The molecular weight excluding hydrogens is 394 g/mol. The molecule has 0 atom stereocenters. The van der Waals surface area contributed by atoms with Gasteiger partial charge in [0.15, 0.2) is 10.2 Å². The topological polar surface area (TPSA) is 80.3 Å². The molecule has 28 heavy (non-hydrogen) atoms. The Hall–Kier alpha value is -3.10. The molecule has 8 heteroatoms. The molecule has 1 heterocycles. The summed E-state index contributed by atoms with van der Waals surface area (Å²) in [5, 5.41) is 5.95. The van der Waals surface area contributed by atoms with E-state index in [-0.39, 0.29) is 17.6 Å². The number of hydrogen-bond donors (Lipinski definition) is 2. The molecule has 1 amide bonds. The van der Waals surface area contributed by atoms with Crippen molar-refractivity contribution >= 4 is 45.7 Å². The van der Waals surface area contributed by atoms with E-state index in [1.807, 2.05) is 36.4 Å². The van der Waals surface area contributed by atoms with Gasteiger partial charge in [-0.3, -0.25) is 10.1 Å². The standard InChI is InChI=1S/C20H17N3O3S2/c1-2-26-18(25)16-15(13-9-5-3-6-10-13)21-20(28-16)23-19(27)22-17(24)14-11-7-4-8-12-14/h3-12H,2H2,1H3,(H2,21,22,23,24,27). The molecule has 3 aromatic rings. The van der Waals surface area contributed by atoms with Gasteiger partial charge < -0.3 is 10.1 Å². The minimum absolute atomic E-state index is 0.0950. The van der Waals surface area contributed by atoms with Gasteiger partial charge in [0.25, 0.3) is 5.91 Å². The Kier molecular flexibility index (Phi) is 6.46. The van der Waals surface area contributed by atoms with E-state index in [2.05, 4.69) is 15.6 Å². The summed E-state index contributed by atoms with van der Waals surface area (Å²) < 4.78 is 5.13. The maximum absolute atomic E-state index is 12.3. The molecule has 0 bridgehead atoms. The lowest BCUT2D eigenvalue weighted by atomic mass is 10.1. The van der Waals surface area contributed by atoms with Crippen LogP contribution in [0.5, 0.6) is 0 Å². The number of anilines is 1. The predicted molar refractivity (Wildman–Crippen MR) is 114 cm³/mol. The fraction of sp³-hybridized carbons (Fsp3) is 0.100. The summed E-state index contributed by atoms with van der Waals surface area (Å²) in [6.07, 6.45) is 0. The van der Waals surface area contributed by atoms with Gasteiger partial charge in [0.05, 0.1) is 12.3 Å². The first-order valence-corrected chi connectivity index (χ1v) is 9.71. The Morgan fingerprint density at radius 2 is 1.71 bits per heavy atom. The molecule has 0 aliphatic carbocycles. The highest BCUT2D eigenvalue weighted by Gasteiger charge is 2.21. The van der Waals surface area contributed by atoms with Crippen LogP contribution in [-0.4, -0.2) is 28.6 Å². The number of rotatable bonds is 5. The van der Waals surface area contributed by atoms with E-state index in [0.717, 1.165) is 16.9 Å². The number of amides is 1. The summed E-state index contributed by atoms with van der Waals surface area (Å²) in [4.78, 5) is 29.4. The highest BCUT2D eigenvalue weighted by molar-refractivity contribution is 7.80. The van der Waals surface area contributed by atoms with Gasteiger partial charge in [-0.15, -0.1) is 0 Å². The van der Waals surface area contributed by atoms with Gasteiger partial charge >= 0.3 is 5.97 Å². The molecule has 2 N–H and O–H groups in total. The number of carbonyl (C=O) groups excluding carboxylic acids is 2. The minimum Gasteiger partial charge on any atom is -0.462 e. The number of hydrogen-bond acceptors (Lipinski definition) is 6. The fourth-order valence-corrected chi connectivity index (χ4v) is 3.53. The second-order valence-electron chi connectivity index (χ2n) is 5.56. The van der Waals surface area contributed by atoms with E-state index < -0.39 is 5.97 Å². The summed E-state index contributed by atoms with van der Waals surface area (Å²) in [7, 11) is 0. The maximum atomic E-state index is 12.3. The van der Waals surface area contributed by atoms with Gasteiger partial charge in [0.1, 0.15) is 4.88 Å². The number of esters is 1. The third kappa shape index (κ3) is 4.79. The van der Waals surface area contributed by atoms with Crippen LogP contribution in [0.2, 0.25) is 0 Å². The lowest BCUT2D eigenvalue weighted by Gasteiger charge is -2.06. The van der Waals surface area contributed by atoms with Crippen LogP contribution < -0.4 is 10.6 Å². The van der Waals surface area contributed by atoms with Crippen molar-refractivity contribution in [2.45, 2.75) is 6.92 Å². The van der Waals surface area contributed by atoms with Crippen molar-refractivity contribution in [2.24, 2.45) is 0 Å². The van der Waals surface area contributed by atoms with Gasteiger partial charge in [0, 0.05) is 11.1 Å². The number of thiocarbonyl (C=S) groups is 1. The third-order valence-corrected chi connectivity index (χ3v) is 4.77. The van der Waals surface area contributed by atoms with E-state index in [0.29, 0.717) is 21.3 Å². The van der Waals surface area contributed by atoms with Crippen LogP contribution in [0.4, 0.5) is 5.13 Å². The number of aromatic nitrogens is 1. The van der Waals surface area contributed by atoms with Gasteiger partial charge in [0.2, 0.25) is 0 Å². The molecule has 6 nitrogen and oxygen atoms in total. The van der Waals surface area contributed by atoms with E-state index in [4.69, 9.17) is 17.0 Å². The molecule has 2 aromatic carbocycles. The van der Waals surface area contributed by atoms with Crippen molar-refractivity contribution in [3.63, 3.8) is 0 Å². The average Bonchev–Trinajstić information content (AvgIpc) is 3.13. The zero-order valence-corrected chi connectivity index (χ0v) is 16.6. The van der Waals surface area contributed by atoms with Crippen molar-refractivity contribution in [3.8, 4) is 11.3 Å². The molecule has 0 unspecified atom stereocenters. The predicted octanol–water partition coefficient (Wildman–Crippen LogP) is 4.11. The molecule has 3 rings (SSSR count). The summed E-state index contributed by atoms with van der Waals surface area (Å²) in [6.45, 7) is 2.01. The Bertz CT molecular complexity index is 988. The van der Waals surface area contributed by atoms with Crippen molar-refractivity contribution in [2.75, 3.05) is 11.9 Å². The van der Waals surface area contributed by atoms with Crippen LogP contribution >= 0.6 is 23.6 Å². The normalized spacial score (nSPS) is 10.2. The molecule has 0 saturated carbocycles. The van der Waals surface area contributed by atoms with Crippen molar-refractivity contribution < 1.29 is 14.3 Å². The summed E-state index contributed by atoms with van der Waals surface area (Å²) in [5.74, 6) is -0.783. The van der Waals surface area contributed by atoms with Gasteiger partial charge in [-0.05, 0) is 31.3 Å². The Balaban J connectivity index is 1.79. The maximum Gasteiger partial charge on any atom is 0.350 e. The number of thiazole rings is 1. The molecule has 0 aliphatic rings. The van der Waals surface area contributed by atoms with Gasteiger partial charge in [-0.1, -0.05) is 59.9 Å². The van der Waals surface area contributed by atoms with Crippen LogP contribution in [0.3, 0.4) is 0 Å². The molecule has 0 aliphatic heterocycles. The largest absolute Gasteiger partial charge is 0.462 e. The van der Waals surface area contributed by atoms with Crippen LogP contribution in [0.15, 0.2) is 60.7 Å². The Morgan fingerprint density at radius 1 is 1.07 bits per heavy atom. The SMILES string of the molecule is CCOC(=O)c1sc(NC(=S)NC(=O)c2ccccc2)nc1-c1ccccc1. The summed E-state index contributed by atoms with van der Waals surface area (Å²) in [6, 6.07) is 18.1. The van der Waals surface area contributed by atoms with Crippen molar-refractivity contribution in [3.05, 3.63) is 71.1 Å². The zero-order chi connectivity index (χ0) is 19.9. The first-order valence-electron chi connectivity index (χ1n) is 8.49. The van der Waals surface area contributed by atoms with E-state index >= 15 is 0 Å². The lowest BCUT2D eigenvalue weighted by molar-refractivity contribution is 0.0532. The van der Waals surface area contributed by atoms with E-state index in [1.54, 1.807) is 31.2 Å². The van der Waals surface area contributed by atoms with E-state index in [1.165, 1.54) is 0 Å². The van der Waals surface area contributed by atoms with Crippen LogP contribution in [0.1, 0.15) is 27.0 Å². The Morgan fingerprint density at radius 3 is 2.36 bits per heavy atom. The molecule has 0 radical (unpaired) electrons. The first kappa shape index (κ1) is 19.7. The number of nitrogens with zero attached hydrogens (tertiary/aromatic N) is 1. The number of ether oxygens (including phenoxy) is 1. The number of nitrogens with one attached hydrogen (secondary N) is 2. The van der Waals surface area contributed by atoms with Crippen LogP contribution in [0.25, 0.3) is 11.3 Å². The fourth-order valence-electron chi connectivity index (χ4n) is 2.39. The second-order valence-corrected chi connectivity index (χ2v) is 6.96. The quantitative estimate of drug-likeness (QED) is 0.486. The highest BCUT2D eigenvalue weighted by Crippen LogP contribution is 2.31. The summed E-state index contributed by atoms with van der Waals surface area (Å²) >= 11 is 6.32. The average molecular weight is 412 g/mol. The van der Waals surface area contributed by atoms with E-state index in [9.17, 15) is 9.59 Å². The highest BCUT2D eigenvalue weighted by atomic mass is 32.1. The molecule has 0 saturated heterocycles. The molecule has 142 valence electrons. The van der Waals surface area contributed by atoms with Gasteiger partial charge in [-0.25, -0.2) is 9.78 Å². The second kappa shape index (κ2) is 9.20. The zero-order valence-electron chi connectivity index (χ0n) is 15.0. The number of benzene rings is 2. The van der Waals surface area contributed by atoms with Crippen molar-refractivity contribution in [1.29, 1.82) is 0 Å². The summed E-state index contributed by atoms with van der Waals surface area (Å²) in [5.41, 5.74) is 1.78. The molecular formula is C20H17N3O3S2. The van der Waals surface area contributed by atoms with Crippen LogP contribution in [-0.2, 0) is 4.74 Å². The Labute approximate surface area is 171 Å². The third-order valence-electron chi connectivity index (χ3n) is 3.62. The molecule has 1 aromatic heterocycles. The lowest BCUT2D eigenvalue weighted by Crippen LogP contribution is -2.34. The van der Waals surface area contributed by atoms with Crippen LogP contribution in [0, 0.1) is 0 Å². The van der Waals surface area contributed by atoms with Crippen molar-refractivity contribution in [1.82, 2.24) is 10.3 Å². The minimum atomic E-state index is -0.453. The molecule has 0 fully saturated rings. The van der Waals surface area contributed by atoms with Gasteiger partial charge in [-0.2, -0.15) is 0 Å². The monoisotopic (exact) mass is 411 g/mol. The number of carbonyl (C=O) groups is 2. The smallest absolute Gasteiger partial charge is 0.350 e.